The highest BCUT2D eigenvalue weighted by molar-refractivity contribution is 5.27. The average Bonchev–Trinajstić information content (AvgIpc) is 2.67. The van der Waals surface area contributed by atoms with Gasteiger partial charge in [-0.2, -0.15) is 0 Å². The quantitative estimate of drug-likeness (QED) is 0.841. The van der Waals surface area contributed by atoms with Crippen LogP contribution in [0.3, 0.4) is 0 Å². The predicted octanol–water partition coefficient (Wildman–Crippen LogP) is 3.91. The van der Waals surface area contributed by atoms with Gasteiger partial charge in [0.1, 0.15) is 11.9 Å². The first-order chi connectivity index (χ1) is 9.09. The number of aryl methyl sites for hydroxylation is 1. The highest BCUT2D eigenvalue weighted by Gasteiger charge is 2.39. The van der Waals surface area contributed by atoms with Crippen molar-refractivity contribution in [3.05, 3.63) is 35.1 Å². The Hall–Kier alpha value is -0.930. The van der Waals surface area contributed by atoms with E-state index in [-0.39, 0.29) is 5.82 Å². The van der Waals surface area contributed by atoms with Crippen molar-refractivity contribution in [3.63, 3.8) is 0 Å². The molecule has 1 aliphatic carbocycles. The Morgan fingerprint density at radius 3 is 2.37 bits per heavy atom. The third-order valence-electron chi connectivity index (χ3n) is 4.35. The zero-order chi connectivity index (χ0) is 13.9. The summed E-state index contributed by atoms with van der Waals surface area (Å²) in [5, 5.41) is 10.7. The van der Waals surface area contributed by atoms with Crippen molar-refractivity contribution in [2.75, 3.05) is 7.11 Å². The first-order valence-corrected chi connectivity index (χ1v) is 7.08. The Morgan fingerprint density at radius 2 is 1.84 bits per heavy atom. The summed E-state index contributed by atoms with van der Waals surface area (Å²) < 4.78 is 19.0. The van der Waals surface area contributed by atoms with Crippen LogP contribution >= 0.6 is 0 Å². The molecule has 106 valence electrons. The highest BCUT2D eigenvalue weighted by Crippen LogP contribution is 2.40. The Kier molecular flexibility index (Phi) is 4.58. The minimum atomic E-state index is -0.685. The lowest BCUT2D eigenvalue weighted by Gasteiger charge is -2.36. The number of rotatable bonds is 3. The molecule has 1 unspecified atom stereocenters. The van der Waals surface area contributed by atoms with Crippen LogP contribution in [0.5, 0.6) is 0 Å². The summed E-state index contributed by atoms with van der Waals surface area (Å²) in [7, 11) is 1.67. The molecular weight excluding hydrogens is 243 g/mol. The Bertz CT molecular complexity index is 423. The van der Waals surface area contributed by atoms with E-state index in [1.165, 1.54) is 18.9 Å². The van der Waals surface area contributed by atoms with Crippen molar-refractivity contribution < 1.29 is 14.2 Å². The smallest absolute Gasteiger partial charge is 0.126 e. The van der Waals surface area contributed by atoms with Gasteiger partial charge in [-0.15, -0.1) is 0 Å². The van der Waals surface area contributed by atoms with Crippen LogP contribution in [0.1, 0.15) is 55.8 Å². The monoisotopic (exact) mass is 266 g/mol. The lowest BCUT2D eigenvalue weighted by atomic mass is 9.84. The molecule has 0 heterocycles. The second kappa shape index (κ2) is 6.02. The molecule has 0 spiro atoms. The predicted molar refractivity (Wildman–Crippen MR) is 73.5 cm³/mol. The van der Waals surface area contributed by atoms with Gasteiger partial charge >= 0.3 is 0 Å². The van der Waals surface area contributed by atoms with Crippen LogP contribution in [0.2, 0.25) is 0 Å². The fourth-order valence-electron chi connectivity index (χ4n) is 3.06. The first-order valence-electron chi connectivity index (χ1n) is 7.08. The zero-order valence-electron chi connectivity index (χ0n) is 11.8. The molecule has 1 saturated carbocycles. The van der Waals surface area contributed by atoms with Gasteiger partial charge in [0.05, 0.1) is 5.60 Å². The lowest BCUT2D eigenvalue weighted by Crippen LogP contribution is -2.38. The second-order valence-electron chi connectivity index (χ2n) is 5.59. The lowest BCUT2D eigenvalue weighted by molar-refractivity contribution is -0.114. The molecule has 1 aromatic carbocycles. The Labute approximate surface area is 114 Å². The van der Waals surface area contributed by atoms with E-state index in [1.807, 2.05) is 0 Å². The maximum atomic E-state index is 13.3. The highest BCUT2D eigenvalue weighted by atomic mass is 19.1. The molecule has 2 rings (SSSR count). The number of aliphatic hydroxyl groups is 1. The fraction of sp³-hybridized carbons (Fsp3) is 0.625. The first kappa shape index (κ1) is 14.5. The molecule has 0 radical (unpaired) electrons. The van der Waals surface area contributed by atoms with E-state index in [4.69, 9.17) is 4.74 Å². The third kappa shape index (κ3) is 2.98. The summed E-state index contributed by atoms with van der Waals surface area (Å²) >= 11 is 0. The van der Waals surface area contributed by atoms with Crippen LogP contribution in [0.15, 0.2) is 18.2 Å². The Morgan fingerprint density at radius 1 is 1.21 bits per heavy atom. The SMILES string of the molecule is COC1(C(O)c2ccc(F)c(C)c2)CCCCCC1. The number of benzene rings is 1. The molecule has 1 aliphatic rings. The van der Waals surface area contributed by atoms with Crippen molar-refractivity contribution in [1.29, 1.82) is 0 Å². The second-order valence-corrected chi connectivity index (χ2v) is 5.59. The molecule has 1 aromatic rings. The van der Waals surface area contributed by atoms with E-state index in [2.05, 4.69) is 0 Å². The van der Waals surface area contributed by atoms with E-state index in [0.29, 0.717) is 5.56 Å². The molecule has 2 nitrogen and oxygen atoms in total. The van der Waals surface area contributed by atoms with Gasteiger partial charge in [-0.25, -0.2) is 4.39 Å². The topological polar surface area (TPSA) is 29.5 Å². The van der Waals surface area contributed by atoms with Gasteiger partial charge in [0.2, 0.25) is 0 Å². The molecule has 1 fully saturated rings. The van der Waals surface area contributed by atoms with Crippen LogP contribution < -0.4 is 0 Å². The fourth-order valence-corrected chi connectivity index (χ4v) is 3.06. The normalized spacial score (nSPS) is 20.8. The summed E-state index contributed by atoms with van der Waals surface area (Å²) in [5.74, 6) is -0.233. The van der Waals surface area contributed by atoms with E-state index >= 15 is 0 Å². The number of hydrogen-bond donors (Lipinski definition) is 1. The van der Waals surface area contributed by atoms with Crippen LogP contribution in [0.25, 0.3) is 0 Å². The van der Waals surface area contributed by atoms with E-state index in [1.54, 1.807) is 26.2 Å². The van der Waals surface area contributed by atoms with Gasteiger partial charge in [0, 0.05) is 7.11 Å². The summed E-state index contributed by atoms with van der Waals surface area (Å²) in [6.07, 6.45) is 5.58. The summed E-state index contributed by atoms with van der Waals surface area (Å²) in [5.41, 5.74) is 0.805. The minimum absolute atomic E-state index is 0.233. The van der Waals surface area contributed by atoms with E-state index < -0.39 is 11.7 Å². The van der Waals surface area contributed by atoms with Gasteiger partial charge in [0.15, 0.2) is 0 Å². The number of halogens is 1. The Balaban J connectivity index is 2.28. The van der Waals surface area contributed by atoms with Gasteiger partial charge in [0.25, 0.3) is 0 Å². The molecule has 0 saturated heterocycles. The largest absolute Gasteiger partial charge is 0.385 e. The van der Waals surface area contributed by atoms with Crippen LogP contribution in [0.4, 0.5) is 4.39 Å². The summed E-state index contributed by atoms with van der Waals surface area (Å²) in [6.45, 7) is 1.72. The van der Waals surface area contributed by atoms with Crippen LogP contribution in [0, 0.1) is 12.7 Å². The number of ether oxygens (including phenoxy) is 1. The minimum Gasteiger partial charge on any atom is -0.385 e. The molecule has 0 aliphatic heterocycles. The van der Waals surface area contributed by atoms with Crippen LogP contribution in [-0.2, 0) is 4.74 Å². The molecule has 1 N–H and O–H groups in total. The molecule has 0 amide bonds. The average molecular weight is 266 g/mol. The molecular formula is C16H23FO2. The van der Waals surface area contributed by atoms with Crippen molar-refractivity contribution in [1.82, 2.24) is 0 Å². The summed E-state index contributed by atoms with van der Waals surface area (Å²) in [4.78, 5) is 0. The van der Waals surface area contributed by atoms with Crippen molar-refractivity contribution in [2.45, 2.75) is 57.2 Å². The summed E-state index contributed by atoms with van der Waals surface area (Å²) in [6, 6.07) is 4.82. The molecule has 1 atom stereocenters. The third-order valence-corrected chi connectivity index (χ3v) is 4.35. The van der Waals surface area contributed by atoms with Gasteiger partial charge in [-0.1, -0.05) is 37.8 Å². The van der Waals surface area contributed by atoms with Crippen molar-refractivity contribution in [2.24, 2.45) is 0 Å². The van der Waals surface area contributed by atoms with Gasteiger partial charge in [-0.05, 0) is 37.0 Å². The number of hydrogen-bond acceptors (Lipinski definition) is 2. The van der Waals surface area contributed by atoms with Crippen LogP contribution in [-0.4, -0.2) is 17.8 Å². The van der Waals surface area contributed by atoms with E-state index in [9.17, 15) is 9.50 Å². The maximum Gasteiger partial charge on any atom is 0.126 e. The van der Waals surface area contributed by atoms with E-state index in [0.717, 1.165) is 31.2 Å². The van der Waals surface area contributed by atoms with Gasteiger partial charge < -0.3 is 9.84 Å². The van der Waals surface area contributed by atoms with Crippen molar-refractivity contribution in [3.8, 4) is 0 Å². The zero-order valence-corrected chi connectivity index (χ0v) is 11.8. The van der Waals surface area contributed by atoms with Gasteiger partial charge in [-0.3, -0.25) is 0 Å². The van der Waals surface area contributed by atoms with Crippen molar-refractivity contribution >= 4 is 0 Å². The number of aliphatic hydroxyl groups excluding tert-OH is 1. The standard InChI is InChI=1S/C16H23FO2/c1-12-11-13(7-8-14(12)17)15(18)16(19-2)9-5-3-4-6-10-16/h7-8,11,15,18H,3-6,9-10H2,1-2H3. The molecule has 0 aromatic heterocycles. The number of methoxy groups -OCH3 is 1. The molecule has 0 bridgehead atoms. The molecule has 3 heteroatoms. The molecule has 19 heavy (non-hydrogen) atoms. The maximum absolute atomic E-state index is 13.3.